The molecule has 3 aromatic rings. The molecule has 0 fully saturated rings. The smallest absolute Gasteiger partial charge is 0.408 e. The van der Waals surface area contributed by atoms with Crippen LogP contribution in [0.25, 0.3) is 11.1 Å². The number of rotatable bonds is 3. The van der Waals surface area contributed by atoms with Crippen LogP contribution < -0.4 is 5.76 Å². The highest BCUT2D eigenvalue weighted by atomic mass is 19.2. The molecular formula is C14H8F2N2O4. The number of hydrogen-bond donors (Lipinski definition) is 0. The van der Waals surface area contributed by atoms with Gasteiger partial charge in [-0.1, -0.05) is 12.1 Å². The number of nitrogens with zero attached hydrogens (tertiary/aromatic N) is 2. The first-order valence-electron chi connectivity index (χ1n) is 6.18. The Morgan fingerprint density at radius 3 is 2.73 bits per heavy atom. The fourth-order valence-electron chi connectivity index (χ4n) is 2.15. The van der Waals surface area contributed by atoms with Crippen molar-refractivity contribution in [3.63, 3.8) is 0 Å². The zero-order valence-electron chi connectivity index (χ0n) is 11.0. The molecule has 0 aliphatic heterocycles. The highest BCUT2D eigenvalue weighted by Crippen LogP contribution is 2.21. The van der Waals surface area contributed by atoms with Gasteiger partial charge in [-0.3, -0.25) is 14.7 Å². The molecule has 0 N–H and O–H groups in total. The van der Waals surface area contributed by atoms with Crippen LogP contribution in [0.1, 0.15) is 5.56 Å². The van der Waals surface area contributed by atoms with E-state index in [4.69, 9.17) is 4.42 Å². The molecule has 3 rings (SSSR count). The van der Waals surface area contributed by atoms with Crippen LogP contribution in [-0.4, -0.2) is 9.49 Å². The highest BCUT2D eigenvalue weighted by Gasteiger charge is 2.16. The minimum atomic E-state index is -1.07. The van der Waals surface area contributed by atoms with Crippen LogP contribution in [0, 0.1) is 21.7 Å². The summed E-state index contributed by atoms with van der Waals surface area (Å²) >= 11 is 0. The Kier molecular flexibility index (Phi) is 3.21. The van der Waals surface area contributed by atoms with Crippen molar-refractivity contribution < 1.29 is 18.1 Å². The minimum absolute atomic E-state index is 0.0590. The van der Waals surface area contributed by atoms with Gasteiger partial charge in [0.2, 0.25) is 0 Å². The Bertz CT molecular complexity index is 946. The lowest BCUT2D eigenvalue weighted by molar-refractivity contribution is -0.384. The molecule has 0 amide bonds. The van der Waals surface area contributed by atoms with Crippen LogP contribution in [0.5, 0.6) is 0 Å². The summed E-state index contributed by atoms with van der Waals surface area (Å²) in [7, 11) is 0. The Balaban J connectivity index is 2.15. The number of nitro groups is 1. The summed E-state index contributed by atoms with van der Waals surface area (Å²) in [6, 6.07) is 7.22. The normalized spacial score (nSPS) is 11.0. The van der Waals surface area contributed by atoms with Gasteiger partial charge in [0.15, 0.2) is 17.2 Å². The molecule has 22 heavy (non-hydrogen) atoms. The lowest BCUT2D eigenvalue weighted by Crippen LogP contribution is -2.16. The first kappa shape index (κ1) is 13.9. The van der Waals surface area contributed by atoms with E-state index in [1.165, 1.54) is 24.3 Å². The maximum absolute atomic E-state index is 13.7. The van der Waals surface area contributed by atoms with Gasteiger partial charge in [0.05, 0.1) is 17.0 Å². The highest BCUT2D eigenvalue weighted by molar-refractivity contribution is 5.76. The van der Waals surface area contributed by atoms with E-state index >= 15 is 0 Å². The van der Waals surface area contributed by atoms with Gasteiger partial charge in [-0.2, -0.15) is 0 Å². The zero-order valence-corrected chi connectivity index (χ0v) is 11.0. The van der Waals surface area contributed by atoms with Crippen LogP contribution in [0.3, 0.4) is 0 Å². The average molecular weight is 306 g/mol. The molecule has 6 nitrogen and oxygen atoms in total. The van der Waals surface area contributed by atoms with E-state index in [-0.39, 0.29) is 28.9 Å². The van der Waals surface area contributed by atoms with Crippen LogP contribution in [-0.2, 0) is 6.54 Å². The van der Waals surface area contributed by atoms with Crippen LogP contribution >= 0.6 is 0 Å². The molecule has 2 aromatic carbocycles. The maximum atomic E-state index is 13.7. The Labute approximate surface area is 121 Å². The Morgan fingerprint density at radius 1 is 1.23 bits per heavy atom. The predicted molar refractivity (Wildman–Crippen MR) is 72.6 cm³/mol. The van der Waals surface area contributed by atoms with Gasteiger partial charge in [0.25, 0.3) is 5.69 Å². The van der Waals surface area contributed by atoms with Crippen LogP contribution in [0.4, 0.5) is 14.5 Å². The monoisotopic (exact) mass is 306 g/mol. The third-order valence-corrected chi connectivity index (χ3v) is 3.22. The van der Waals surface area contributed by atoms with Crippen LogP contribution in [0.15, 0.2) is 45.6 Å². The van der Waals surface area contributed by atoms with Crippen molar-refractivity contribution in [3.05, 3.63) is 74.3 Å². The van der Waals surface area contributed by atoms with Crippen molar-refractivity contribution in [1.82, 2.24) is 4.57 Å². The second-order valence-corrected chi connectivity index (χ2v) is 4.58. The van der Waals surface area contributed by atoms with Gasteiger partial charge in [-0.25, -0.2) is 13.6 Å². The fraction of sp³-hybridized carbons (Fsp3) is 0.0714. The topological polar surface area (TPSA) is 78.3 Å². The molecule has 0 atom stereocenters. The van der Waals surface area contributed by atoms with Crippen molar-refractivity contribution in [3.8, 4) is 0 Å². The standard InChI is InChI=1S/C14H8F2N2O4/c15-10-3-1-2-8(13(10)16)7-17-11-6-9(18(20)21)4-5-12(11)22-14(17)19/h1-6H,7H2. The first-order chi connectivity index (χ1) is 10.5. The number of aromatic nitrogens is 1. The third-order valence-electron chi connectivity index (χ3n) is 3.22. The number of halogens is 2. The molecule has 0 saturated carbocycles. The molecule has 0 unspecified atom stereocenters. The largest absolute Gasteiger partial charge is 0.420 e. The van der Waals surface area contributed by atoms with E-state index in [1.807, 2.05) is 0 Å². The van der Waals surface area contributed by atoms with E-state index in [9.17, 15) is 23.7 Å². The quantitative estimate of drug-likeness (QED) is 0.550. The number of fused-ring (bicyclic) bond motifs is 1. The average Bonchev–Trinajstić information content (AvgIpc) is 2.79. The van der Waals surface area contributed by atoms with Gasteiger partial charge >= 0.3 is 5.76 Å². The second-order valence-electron chi connectivity index (χ2n) is 4.58. The molecule has 112 valence electrons. The fourth-order valence-corrected chi connectivity index (χ4v) is 2.15. The zero-order chi connectivity index (χ0) is 15.9. The Hall–Kier alpha value is -3.03. The number of nitro benzene ring substituents is 1. The predicted octanol–water partition coefficient (Wildman–Crippen LogP) is 2.83. The van der Waals surface area contributed by atoms with E-state index < -0.39 is 22.3 Å². The SMILES string of the molecule is O=c1oc2ccc([N+](=O)[O-])cc2n1Cc1cccc(F)c1F. The summed E-state index contributed by atoms with van der Waals surface area (Å²) in [5, 5.41) is 10.8. The first-order valence-corrected chi connectivity index (χ1v) is 6.18. The summed E-state index contributed by atoms with van der Waals surface area (Å²) in [6.45, 7) is -0.295. The van der Waals surface area contributed by atoms with Gasteiger partial charge in [-0.15, -0.1) is 0 Å². The Morgan fingerprint density at radius 2 is 2.00 bits per heavy atom. The van der Waals surface area contributed by atoms with E-state index in [1.54, 1.807) is 0 Å². The molecule has 0 aliphatic carbocycles. The van der Waals surface area contributed by atoms with Crippen molar-refractivity contribution in [2.45, 2.75) is 6.54 Å². The summed E-state index contributed by atoms with van der Waals surface area (Å²) in [5.74, 6) is -2.92. The molecule has 0 saturated heterocycles. The van der Waals surface area contributed by atoms with E-state index in [2.05, 4.69) is 0 Å². The number of hydrogen-bond acceptors (Lipinski definition) is 4. The lowest BCUT2D eigenvalue weighted by Gasteiger charge is -2.04. The van der Waals surface area contributed by atoms with E-state index in [0.717, 1.165) is 16.7 Å². The summed E-state index contributed by atoms with van der Waals surface area (Å²) in [4.78, 5) is 22.0. The van der Waals surface area contributed by atoms with Crippen molar-refractivity contribution in [1.29, 1.82) is 0 Å². The number of benzene rings is 2. The van der Waals surface area contributed by atoms with Crippen molar-refractivity contribution in [2.24, 2.45) is 0 Å². The number of oxazole rings is 1. The summed E-state index contributed by atoms with van der Waals surface area (Å²) < 4.78 is 32.9. The molecule has 1 heterocycles. The molecule has 0 radical (unpaired) electrons. The summed E-state index contributed by atoms with van der Waals surface area (Å²) in [6.07, 6.45) is 0. The van der Waals surface area contributed by atoms with Gasteiger partial charge < -0.3 is 4.42 Å². The van der Waals surface area contributed by atoms with E-state index in [0.29, 0.717) is 0 Å². The molecule has 0 spiro atoms. The number of non-ortho nitro benzene ring substituents is 1. The molecule has 8 heteroatoms. The molecule has 0 bridgehead atoms. The maximum Gasteiger partial charge on any atom is 0.420 e. The lowest BCUT2D eigenvalue weighted by atomic mass is 10.2. The molecular weight excluding hydrogens is 298 g/mol. The van der Waals surface area contributed by atoms with Crippen LogP contribution in [0.2, 0.25) is 0 Å². The summed E-state index contributed by atoms with van der Waals surface area (Å²) in [5.41, 5.74) is -0.0201. The molecule has 1 aromatic heterocycles. The van der Waals surface area contributed by atoms with Gasteiger partial charge in [-0.05, 0) is 12.1 Å². The van der Waals surface area contributed by atoms with Gasteiger partial charge in [0, 0.05) is 17.7 Å². The minimum Gasteiger partial charge on any atom is -0.408 e. The second kappa shape index (κ2) is 5.06. The van der Waals surface area contributed by atoms with Gasteiger partial charge in [0.1, 0.15) is 0 Å². The third kappa shape index (κ3) is 2.24. The van der Waals surface area contributed by atoms with Crippen molar-refractivity contribution >= 4 is 16.8 Å². The molecule has 0 aliphatic rings. The van der Waals surface area contributed by atoms with Crippen molar-refractivity contribution in [2.75, 3.05) is 0 Å².